The van der Waals surface area contributed by atoms with E-state index in [0.29, 0.717) is 12.0 Å². The van der Waals surface area contributed by atoms with Crippen molar-refractivity contribution in [3.8, 4) is 5.75 Å². The maximum atomic E-state index is 5.62. The van der Waals surface area contributed by atoms with Crippen LogP contribution in [0.3, 0.4) is 0 Å². The van der Waals surface area contributed by atoms with E-state index in [2.05, 4.69) is 50.4 Å². The van der Waals surface area contributed by atoms with Crippen LogP contribution in [0.15, 0.2) is 24.3 Å². The van der Waals surface area contributed by atoms with Gasteiger partial charge in [-0.2, -0.15) is 0 Å². The van der Waals surface area contributed by atoms with Gasteiger partial charge in [0.05, 0.1) is 7.11 Å². The summed E-state index contributed by atoms with van der Waals surface area (Å²) in [6.45, 7) is 7.92. The quantitative estimate of drug-likeness (QED) is 0.826. The molecule has 0 bridgehead atoms. The second-order valence-electron chi connectivity index (χ2n) is 6.76. The molecule has 1 aliphatic carbocycles. The molecule has 2 nitrogen and oxygen atoms in total. The Hall–Kier alpha value is -1.02. The number of para-hydroxylation sites is 1. The summed E-state index contributed by atoms with van der Waals surface area (Å²) in [6.07, 6.45) is 5.32. The Morgan fingerprint density at radius 1 is 1.24 bits per heavy atom. The summed E-state index contributed by atoms with van der Waals surface area (Å²) in [6, 6.07) is 9.17. The molecule has 2 heteroatoms. The molecule has 3 atom stereocenters. The molecule has 3 unspecified atom stereocenters. The van der Waals surface area contributed by atoms with Gasteiger partial charge < -0.3 is 10.1 Å². The van der Waals surface area contributed by atoms with Gasteiger partial charge in [0, 0.05) is 6.04 Å². The van der Waals surface area contributed by atoms with Crippen LogP contribution in [-0.4, -0.2) is 19.7 Å². The lowest BCUT2D eigenvalue weighted by Gasteiger charge is -2.37. The highest BCUT2D eigenvalue weighted by molar-refractivity contribution is 5.37. The number of rotatable bonds is 6. The number of hydrogen-bond acceptors (Lipinski definition) is 2. The van der Waals surface area contributed by atoms with Crippen molar-refractivity contribution in [2.24, 2.45) is 11.8 Å². The zero-order valence-corrected chi connectivity index (χ0v) is 14.1. The first-order chi connectivity index (χ1) is 10.2. The van der Waals surface area contributed by atoms with Crippen molar-refractivity contribution in [1.29, 1.82) is 0 Å². The highest BCUT2D eigenvalue weighted by atomic mass is 16.5. The van der Waals surface area contributed by atoms with Gasteiger partial charge in [-0.25, -0.2) is 0 Å². The third kappa shape index (κ3) is 4.23. The van der Waals surface area contributed by atoms with Crippen LogP contribution in [0.25, 0.3) is 0 Å². The second kappa shape index (κ2) is 7.84. The van der Waals surface area contributed by atoms with Crippen LogP contribution >= 0.6 is 0 Å². The molecule has 118 valence electrons. The SMILES string of the molecule is CCC1CCC(CNC(C)C)C(c2ccccc2OC)C1. The van der Waals surface area contributed by atoms with Crippen LogP contribution in [0.2, 0.25) is 0 Å². The molecule has 0 heterocycles. The molecule has 1 aromatic rings. The summed E-state index contributed by atoms with van der Waals surface area (Å²) >= 11 is 0. The van der Waals surface area contributed by atoms with Crippen LogP contribution in [0.1, 0.15) is 57.9 Å². The fourth-order valence-electron chi connectivity index (χ4n) is 3.68. The Morgan fingerprint density at radius 2 is 2.00 bits per heavy atom. The summed E-state index contributed by atoms with van der Waals surface area (Å²) in [5.74, 6) is 3.29. The molecule has 1 fully saturated rings. The topological polar surface area (TPSA) is 21.3 Å². The summed E-state index contributed by atoms with van der Waals surface area (Å²) in [4.78, 5) is 0. The van der Waals surface area contributed by atoms with E-state index in [0.717, 1.165) is 24.1 Å². The molecule has 0 aliphatic heterocycles. The highest BCUT2D eigenvalue weighted by Gasteiger charge is 2.32. The van der Waals surface area contributed by atoms with Crippen LogP contribution in [0, 0.1) is 11.8 Å². The van der Waals surface area contributed by atoms with E-state index < -0.39 is 0 Å². The van der Waals surface area contributed by atoms with Gasteiger partial charge in [-0.3, -0.25) is 0 Å². The first-order valence-electron chi connectivity index (χ1n) is 8.52. The lowest BCUT2D eigenvalue weighted by atomic mass is 9.70. The number of hydrogen-bond donors (Lipinski definition) is 1. The molecule has 21 heavy (non-hydrogen) atoms. The maximum Gasteiger partial charge on any atom is 0.122 e. The van der Waals surface area contributed by atoms with E-state index in [4.69, 9.17) is 4.74 Å². The Morgan fingerprint density at radius 3 is 2.67 bits per heavy atom. The zero-order valence-electron chi connectivity index (χ0n) is 14.1. The molecule has 0 radical (unpaired) electrons. The van der Waals surface area contributed by atoms with Crippen LogP contribution in [-0.2, 0) is 0 Å². The molecule has 0 amide bonds. The Kier molecular flexibility index (Phi) is 6.10. The maximum absolute atomic E-state index is 5.62. The van der Waals surface area contributed by atoms with Gasteiger partial charge in [-0.05, 0) is 48.8 Å². The monoisotopic (exact) mass is 289 g/mol. The average molecular weight is 289 g/mol. The molecule has 1 aliphatic rings. The lowest BCUT2D eigenvalue weighted by molar-refractivity contribution is 0.219. The zero-order chi connectivity index (χ0) is 15.2. The lowest BCUT2D eigenvalue weighted by Crippen LogP contribution is -2.35. The molecule has 0 aromatic heterocycles. The third-order valence-electron chi connectivity index (χ3n) is 5.01. The molecule has 1 aromatic carbocycles. The normalized spacial score (nSPS) is 26.0. The van der Waals surface area contributed by atoms with Crippen molar-refractivity contribution in [3.05, 3.63) is 29.8 Å². The van der Waals surface area contributed by atoms with E-state index in [1.807, 2.05) is 0 Å². The summed E-state index contributed by atoms with van der Waals surface area (Å²) in [5.41, 5.74) is 1.41. The van der Waals surface area contributed by atoms with Gasteiger partial charge in [0.15, 0.2) is 0 Å². The highest BCUT2D eigenvalue weighted by Crippen LogP contribution is 2.44. The first kappa shape index (κ1) is 16.4. The molecule has 0 spiro atoms. The van der Waals surface area contributed by atoms with Crippen molar-refractivity contribution in [2.45, 2.75) is 58.4 Å². The van der Waals surface area contributed by atoms with E-state index >= 15 is 0 Å². The van der Waals surface area contributed by atoms with Gasteiger partial charge >= 0.3 is 0 Å². The minimum atomic E-state index is 0.562. The molecule has 1 N–H and O–H groups in total. The fraction of sp³-hybridized carbons (Fsp3) is 0.684. The number of nitrogens with one attached hydrogen (secondary N) is 1. The number of ether oxygens (including phenoxy) is 1. The Balaban J connectivity index is 2.19. The predicted octanol–water partition coefficient (Wildman–Crippen LogP) is 4.60. The molecule has 1 saturated carbocycles. The van der Waals surface area contributed by atoms with E-state index in [1.165, 1.54) is 31.2 Å². The van der Waals surface area contributed by atoms with Crippen molar-refractivity contribution >= 4 is 0 Å². The van der Waals surface area contributed by atoms with Crippen molar-refractivity contribution in [3.63, 3.8) is 0 Å². The van der Waals surface area contributed by atoms with Gasteiger partial charge in [0.25, 0.3) is 0 Å². The van der Waals surface area contributed by atoms with Crippen molar-refractivity contribution < 1.29 is 4.74 Å². The molecular weight excluding hydrogens is 258 g/mol. The van der Waals surface area contributed by atoms with E-state index in [-0.39, 0.29) is 0 Å². The van der Waals surface area contributed by atoms with Crippen LogP contribution < -0.4 is 10.1 Å². The molecular formula is C19H31NO. The fourth-order valence-corrected chi connectivity index (χ4v) is 3.68. The molecule has 2 rings (SSSR count). The minimum Gasteiger partial charge on any atom is -0.496 e. The van der Waals surface area contributed by atoms with Crippen LogP contribution in [0.5, 0.6) is 5.75 Å². The predicted molar refractivity (Wildman–Crippen MR) is 90.0 cm³/mol. The largest absolute Gasteiger partial charge is 0.496 e. The van der Waals surface area contributed by atoms with Gasteiger partial charge in [-0.15, -0.1) is 0 Å². The summed E-state index contributed by atoms with van der Waals surface area (Å²) in [7, 11) is 1.79. The molecule has 0 saturated heterocycles. The van der Waals surface area contributed by atoms with Gasteiger partial charge in [0.2, 0.25) is 0 Å². The Labute approximate surface area is 130 Å². The van der Waals surface area contributed by atoms with Gasteiger partial charge in [0.1, 0.15) is 5.75 Å². The summed E-state index contributed by atoms with van der Waals surface area (Å²) < 4.78 is 5.62. The van der Waals surface area contributed by atoms with E-state index in [1.54, 1.807) is 7.11 Å². The van der Waals surface area contributed by atoms with E-state index in [9.17, 15) is 0 Å². The van der Waals surface area contributed by atoms with Crippen molar-refractivity contribution in [2.75, 3.05) is 13.7 Å². The second-order valence-corrected chi connectivity index (χ2v) is 6.76. The first-order valence-corrected chi connectivity index (χ1v) is 8.52. The standard InChI is InChI=1S/C19H31NO/c1-5-15-10-11-16(13-20-14(2)3)18(12-15)17-8-6-7-9-19(17)21-4/h6-9,14-16,18,20H,5,10-13H2,1-4H3. The number of methoxy groups -OCH3 is 1. The number of benzene rings is 1. The summed E-state index contributed by atoms with van der Waals surface area (Å²) in [5, 5.41) is 3.64. The third-order valence-corrected chi connectivity index (χ3v) is 5.01. The van der Waals surface area contributed by atoms with Crippen LogP contribution in [0.4, 0.5) is 0 Å². The Bertz CT molecular complexity index is 429. The minimum absolute atomic E-state index is 0.562. The smallest absolute Gasteiger partial charge is 0.122 e. The van der Waals surface area contributed by atoms with Gasteiger partial charge in [-0.1, -0.05) is 51.8 Å². The average Bonchev–Trinajstić information content (AvgIpc) is 2.52. The van der Waals surface area contributed by atoms with Crippen molar-refractivity contribution in [1.82, 2.24) is 5.32 Å².